The van der Waals surface area contributed by atoms with Gasteiger partial charge in [0.05, 0.1) is 0 Å². The summed E-state index contributed by atoms with van der Waals surface area (Å²) in [5.74, 6) is -0.226. The van der Waals surface area contributed by atoms with Crippen LogP contribution in [0, 0.1) is 5.41 Å². The second-order valence-corrected chi connectivity index (χ2v) is 3.96. The Hall–Kier alpha value is -1.06. The van der Waals surface area contributed by atoms with Gasteiger partial charge in [0.1, 0.15) is 5.41 Å². The highest BCUT2D eigenvalue weighted by molar-refractivity contribution is 5.90. The van der Waals surface area contributed by atoms with Crippen LogP contribution in [-0.2, 0) is 14.3 Å². The molecule has 1 aliphatic rings. The van der Waals surface area contributed by atoms with Crippen molar-refractivity contribution in [3.8, 4) is 0 Å². The molecule has 0 unspecified atom stereocenters. The van der Waals surface area contributed by atoms with Crippen molar-refractivity contribution in [2.75, 3.05) is 0 Å². The molecule has 0 aromatic rings. The van der Waals surface area contributed by atoms with Gasteiger partial charge in [-0.05, 0) is 19.3 Å². The number of β-lactam (4-membered cyclic amide) rings is 1. The molecule has 4 nitrogen and oxygen atoms in total. The van der Waals surface area contributed by atoms with E-state index in [1.165, 1.54) is 0 Å². The van der Waals surface area contributed by atoms with E-state index in [0.29, 0.717) is 19.3 Å². The van der Waals surface area contributed by atoms with Crippen LogP contribution in [0.2, 0.25) is 0 Å². The van der Waals surface area contributed by atoms with Gasteiger partial charge in [0, 0.05) is 6.42 Å². The summed E-state index contributed by atoms with van der Waals surface area (Å²) in [5.41, 5.74) is -0.483. The van der Waals surface area contributed by atoms with Gasteiger partial charge < -0.3 is 10.1 Å². The molecule has 1 fully saturated rings. The zero-order chi connectivity index (χ0) is 11.5. The summed E-state index contributed by atoms with van der Waals surface area (Å²) < 4.78 is 5.22. The van der Waals surface area contributed by atoms with E-state index in [2.05, 4.69) is 5.32 Å². The minimum Gasteiger partial charge on any atom is -0.440 e. The topological polar surface area (TPSA) is 55.4 Å². The molecule has 1 rings (SSSR count). The molecule has 0 aromatic carbocycles. The fraction of sp³-hybridized carbons (Fsp3) is 0.818. The quantitative estimate of drug-likeness (QED) is 0.557. The average molecular weight is 213 g/mol. The minimum absolute atomic E-state index is 0.00167. The number of hydrogen-bond donors (Lipinski definition) is 1. The van der Waals surface area contributed by atoms with E-state index >= 15 is 0 Å². The molecule has 1 N–H and O–H groups in total. The van der Waals surface area contributed by atoms with Crippen molar-refractivity contribution in [2.45, 2.75) is 52.7 Å². The Morgan fingerprint density at radius 2 is 2.00 bits per heavy atom. The predicted octanol–water partition coefficient (Wildman–Crippen LogP) is 1.59. The third-order valence-electron chi connectivity index (χ3n) is 3.18. The van der Waals surface area contributed by atoms with Gasteiger partial charge in [0.25, 0.3) is 0 Å². The van der Waals surface area contributed by atoms with E-state index in [1.54, 1.807) is 0 Å². The molecule has 1 atom stereocenters. The highest BCUT2D eigenvalue weighted by atomic mass is 16.6. The summed E-state index contributed by atoms with van der Waals surface area (Å²) in [4.78, 5) is 22.8. The van der Waals surface area contributed by atoms with Crippen molar-refractivity contribution < 1.29 is 14.3 Å². The van der Waals surface area contributed by atoms with Gasteiger partial charge >= 0.3 is 5.97 Å². The van der Waals surface area contributed by atoms with Gasteiger partial charge in [-0.25, -0.2) is 0 Å². The number of nitrogens with one attached hydrogen (secondary N) is 1. The van der Waals surface area contributed by atoms with Crippen LogP contribution in [0.4, 0.5) is 0 Å². The highest BCUT2D eigenvalue weighted by Crippen LogP contribution is 2.38. The monoisotopic (exact) mass is 213 g/mol. The van der Waals surface area contributed by atoms with Crippen LogP contribution in [0.15, 0.2) is 0 Å². The summed E-state index contributed by atoms with van der Waals surface area (Å²) in [6, 6.07) is 0. The van der Waals surface area contributed by atoms with E-state index in [-0.39, 0.29) is 11.9 Å². The van der Waals surface area contributed by atoms with Crippen LogP contribution in [-0.4, -0.2) is 18.1 Å². The summed E-state index contributed by atoms with van der Waals surface area (Å²) in [6.45, 7) is 5.82. The number of hydrogen-bond acceptors (Lipinski definition) is 3. The SMILES string of the molecule is CCCC(=O)O[C@@H]1NC(=O)C1(CC)CC. The van der Waals surface area contributed by atoms with Crippen molar-refractivity contribution in [1.82, 2.24) is 5.32 Å². The zero-order valence-corrected chi connectivity index (χ0v) is 9.63. The summed E-state index contributed by atoms with van der Waals surface area (Å²) >= 11 is 0. The third kappa shape index (κ3) is 1.98. The van der Waals surface area contributed by atoms with Gasteiger partial charge in [0.2, 0.25) is 5.91 Å². The maximum atomic E-state index is 11.5. The first-order valence-corrected chi connectivity index (χ1v) is 5.61. The van der Waals surface area contributed by atoms with E-state index in [9.17, 15) is 9.59 Å². The molecule has 0 radical (unpaired) electrons. The fourth-order valence-corrected chi connectivity index (χ4v) is 1.92. The Kier molecular flexibility index (Phi) is 3.72. The summed E-state index contributed by atoms with van der Waals surface area (Å²) in [5, 5.41) is 2.64. The molecule has 0 bridgehead atoms. The summed E-state index contributed by atoms with van der Waals surface area (Å²) in [6.07, 6.45) is 2.18. The van der Waals surface area contributed by atoms with Crippen molar-refractivity contribution >= 4 is 11.9 Å². The highest BCUT2D eigenvalue weighted by Gasteiger charge is 2.54. The first kappa shape index (κ1) is 12.0. The average Bonchev–Trinajstić information content (AvgIpc) is 2.19. The third-order valence-corrected chi connectivity index (χ3v) is 3.18. The zero-order valence-electron chi connectivity index (χ0n) is 9.63. The lowest BCUT2D eigenvalue weighted by Gasteiger charge is -2.46. The molecule has 1 heterocycles. The van der Waals surface area contributed by atoms with E-state index < -0.39 is 11.6 Å². The van der Waals surface area contributed by atoms with E-state index in [4.69, 9.17) is 4.74 Å². The smallest absolute Gasteiger partial charge is 0.307 e. The van der Waals surface area contributed by atoms with Gasteiger partial charge in [-0.3, -0.25) is 9.59 Å². The normalized spacial score (nSPS) is 22.9. The van der Waals surface area contributed by atoms with Crippen LogP contribution in [0.5, 0.6) is 0 Å². The van der Waals surface area contributed by atoms with Crippen LogP contribution >= 0.6 is 0 Å². The minimum atomic E-state index is -0.483. The van der Waals surface area contributed by atoms with Crippen LogP contribution in [0.25, 0.3) is 0 Å². The van der Waals surface area contributed by atoms with Crippen LogP contribution < -0.4 is 5.32 Å². The first-order valence-electron chi connectivity index (χ1n) is 5.61. The number of amides is 1. The maximum Gasteiger partial charge on any atom is 0.307 e. The van der Waals surface area contributed by atoms with E-state index in [0.717, 1.165) is 6.42 Å². The lowest BCUT2D eigenvalue weighted by molar-refractivity contribution is -0.184. The van der Waals surface area contributed by atoms with Gasteiger partial charge in [-0.15, -0.1) is 0 Å². The number of carbonyl (C=O) groups excluding carboxylic acids is 2. The number of carbonyl (C=O) groups is 2. The lowest BCUT2D eigenvalue weighted by atomic mass is 9.73. The first-order chi connectivity index (χ1) is 7.10. The molecule has 1 amide bonds. The van der Waals surface area contributed by atoms with Crippen molar-refractivity contribution in [3.05, 3.63) is 0 Å². The van der Waals surface area contributed by atoms with Crippen molar-refractivity contribution in [2.24, 2.45) is 5.41 Å². The predicted molar refractivity (Wildman–Crippen MR) is 55.9 cm³/mol. The molecule has 0 spiro atoms. The standard InChI is InChI=1S/C11H19NO3/c1-4-7-8(13)15-10-11(5-2,6-3)9(14)12-10/h10H,4-7H2,1-3H3,(H,12,14)/t10-/m0/s1. The van der Waals surface area contributed by atoms with Crippen molar-refractivity contribution in [1.29, 1.82) is 0 Å². The largest absolute Gasteiger partial charge is 0.440 e. The van der Waals surface area contributed by atoms with Gasteiger partial charge in [-0.1, -0.05) is 20.8 Å². The Morgan fingerprint density at radius 3 is 2.40 bits per heavy atom. The molecular weight excluding hydrogens is 194 g/mol. The lowest BCUT2D eigenvalue weighted by Crippen LogP contribution is -2.68. The number of esters is 1. The Labute approximate surface area is 90.4 Å². The Morgan fingerprint density at radius 1 is 1.40 bits per heavy atom. The van der Waals surface area contributed by atoms with Crippen LogP contribution in [0.1, 0.15) is 46.5 Å². The fourth-order valence-electron chi connectivity index (χ4n) is 1.92. The second-order valence-electron chi connectivity index (χ2n) is 3.96. The van der Waals surface area contributed by atoms with Crippen molar-refractivity contribution in [3.63, 3.8) is 0 Å². The van der Waals surface area contributed by atoms with Gasteiger partial charge in [-0.2, -0.15) is 0 Å². The van der Waals surface area contributed by atoms with Gasteiger partial charge in [0.15, 0.2) is 6.23 Å². The summed E-state index contributed by atoms with van der Waals surface area (Å²) in [7, 11) is 0. The molecule has 1 saturated heterocycles. The Bertz CT molecular complexity index is 259. The molecule has 0 aromatic heterocycles. The van der Waals surface area contributed by atoms with E-state index in [1.807, 2.05) is 20.8 Å². The number of ether oxygens (including phenoxy) is 1. The molecular formula is C11H19NO3. The van der Waals surface area contributed by atoms with Crippen LogP contribution in [0.3, 0.4) is 0 Å². The molecule has 4 heteroatoms. The molecule has 86 valence electrons. The number of rotatable bonds is 5. The maximum absolute atomic E-state index is 11.5. The molecule has 15 heavy (non-hydrogen) atoms. The Balaban J connectivity index is 2.57. The molecule has 1 aliphatic heterocycles. The second kappa shape index (κ2) is 4.64. The molecule has 0 aliphatic carbocycles. The molecule has 0 saturated carbocycles.